The largest absolute Gasteiger partial charge is 0.484 e. The summed E-state index contributed by atoms with van der Waals surface area (Å²) in [6.45, 7) is 5.11. The molecule has 0 fully saturated rings. The van der Waals surface area contributed by atoms with Crippen molar-refractivity contribution in [1.82, 2.24) is 35.1 Å². The van der Waals surface area contributed by atoms with Gasteiger partial charge in [-0.15, -0.1) is 0 Å². The normalized spacial score (nSPS) is 11.7. The lowest BCUT2D eigenvalue weighted by molar-refractivity contribution is -0.124. The molecule has 0 aliphatic heterocycles. The third kappa shape index (κ3) is 8.42. The lowest BCUT2D eigenvalue weighted by atomic mass is 10.1. The molecule has 1 aromatic carbocycles. The molecular weight excluding hydrogens is 546 g/mol. The summed E-state index contributed by atoms with van der Waals surface area (Å²) in [5, 5.41) is 7.71. The number of nitrogens with one attached hydrogen (secondary N) is 4. The van der Waals surface area contributed by atoms with E-state index < -0.39 is 17.6 Å². The van der Waals surface area contributed by atoms with E-state index in [-0.39, 0.29) is 42.7 Å². The first-order chi connectivity index (χ1) is 20.2. The number of benzene rings is 1. The standard InChI is InChI=1S/C27H39N9O6/c1-3-14-35-23-21(25(39)36(15-4-2)27(35)41)33-22(34-23)17-7-9-18(10-8-17)42-16-20(37)30-12-13-31-24(38)19(28)6-5-11-32-26(29)40/h7-10,19H,3-6,11-16,28H2,1-2H3,(H,30,37)(H,31,38)(H,33,34)(H3,29,32,40)/t19-/m0/s1. The lowest BCUT2D eigenvalue weighted by Gasteiger charge is -2.13. The van der Waals surface area contributed by atoms with Crippen LogP contribution in [0.4, 0.5) is 4.79 Å². The number of amides is 4. The van der Waals surface area contributed by atoms with Crippen LogP contribution in [-0.2, 0) is 22.7 Å². The number of aryl methyl sites for hydroxylation is 1. The smallest absolute Gasteiger partial charge is 0.332 e. The van der Waals surface area contributed by atoms with Gasteiger partial charge in [-0.25, -0.2) is 14.6 Å². The zero-order chi connectivity index (χ0) is 30.6. The molecule has 1 atom stereocenters. The van der Waals surface area contributed by atoms with Gasteiger partial charge in [0.25, 0.3) is 11.5 Å². The fourth-order valence-electron chi connectivity index (χ4n) is 4.24. The number of hydrogen-bond acceptors (Lipinski definition) is 8. The Bertz CT molecular complexity index is 1490. The van der Waals surface area contributed by atoms with Gasteiger partial charge in [0, 0.05) is 38.3 Å². The second-order valence-corrected chi connectivity index (χ2v) is 9.67. The maximum Gasteiger partial charge on any atom is 0.332 e. The first-order valence-electron chi connectivity index (χ1n) is 14.0. The van der Waals surface area contributed by atoms with Gasteiger partial charge < -0.3 is 37.1 Å². The number of fused-ring (bicyclic) bond motifs is 1. The second-order valence-electron chi connectivity index (χ2n) is 9.67. The summed E-state index contributed by atoms with van der Waals surface area (Å²) in [5.41, 5.74) is 11.3. The Morgan fingerprint density at radius 3 is 2.31 bits per heavy atom. The summed E-state index contributed by atoms with van der Waals surface area (Å²) in [6, 6.07) is 5.45. The van der Waals surface area contributed by atoms with Crippen LogP contribution >= 0.6 is 0 Å². The quantitative estimate of drug-likeness (QED) is 0.123. The van der Waals surface area contributed by atoms with Crippen LogP contribution < -0.4 is 43.4 Å². The molecule has 0 aliphatic rings. The Kier molecular flexibility index (Phi) is 11.7. The van der Waals surface area contributed by atoms with Gasteiger partial charge in [0.15, 0.2) is 12.3 Å². The average Bonchev–Trinajstić information content (AvgIpc) is 3.42. The zero-order valence-electron chi connectivity index (χ0n) is 23.9. The number of hydrogen-bond donors (Lipinski definition) is 6. The van der Waals surface area contributed by atoms with Gasteiger partial charge in [0.1, 0.15) is 17.1 Å². The summed E-state index contributed by atoms with van der Waals surface area (Å²) in [6.07, 6.45) is 2.24. The monoisotopic (exact) mass is 585 g/mol. The highest BCUT2D eigenvalue weighted by molar-refractivity contribution is 5.81. The van der Waals surface area contributed by atoms with Crippen molar-refractivity contribution in [3.05, 3.63) is 45.1 Å². The number of primary amides is 1. The Labute approximate surface area is 242 Å². The molecule has 3 aromatic rings. The number of H-pyrrole nitrogens is 1. The number of nitrogens with two attached hydrogens (primary N) is 2. The van der Waals surface area contributed by atoms with E-state index in [1.165, 1.54) is 9.13 Å². The number of carbonyl (C=O) groups is 3. The molecule has 0 radical (unpaired) electrons. The molecule has 0 spiro atoms. The molecular formula is C27H39N9O6. The molecule has 0 saturated carbocycles. The molecule has 42 heavy (non-hydrogen) atoms. The Hall–Kier alpha value is -4.66. The van der Waals surface area contributed by atoms with Crippen LogP contribution in [0.5, 0.6) is 5.75 Å². The zero-order valence-corrected chi connectivity index (χ0v) is 23.9. The number of rotatable bonds is 16. The number of ether oxygens (including phenoxy) is 1. The van der Waals surface area contributed by atoms with E-state index in [1.54, 1.807) is 24.3 Å². The highest BCUT2D eigenvalue weighted by atomic mass is 16.5. The Morgan fingerprint density at radius 1 is 0.976 bits per heavy atom. The van der Waals surface area contributed by atoms with Gasteiger partial charge in [0.2, 0.25) is 5.91 Å². The molecule has 2 aromatic heterocycles. The third-order valence-electron chi connectivity index (χ3n) is 6.33. The number of aromatic nitrogens is 4. The minimum Gasteiger partial charge on any atom is -0.484 e. The van der Waals surface area contributed by atoms with E-state index in [4.69, 9.17) is 16.2 Å². The molecule has 2 heterocycles. The van der Waals surface area contributed by atoms with Crippen molar-refractivity contribution in [3.63, 3.8) is 0 Å². The van der Waals surface area contributed by atoms with E-state index in [0.29, 0.717) is 68.1 Å². The van der Waals surface area contributed by atoms with Crippen molar-refractivity contribution in [2.75, 3.05) is 26.2 Å². The first kappa shape index (κ1) is 31.9. The van der Waals surface area contributed by atoms with Gasteiger partial charge in [0.05, 0.1) is 6.04 Å². The third-order valence-corrected chi connectivity index (χ3v) is 6.33. The van der Waals surface area contributed by atoms with E-state index in [9.17, 15) is 24.0 Å². The van der Waals surface area contributed by atoms with E-state index in [2.05, 4.69) is 25.9 Å². The highest BCUT2D eigenvalue weighted by Crippen LogP contribution is 2.21. The van der Waals surface area contributed by atoms with Crippen molar-refractivity contribution >= 4 is 29.0 Å². The SMILES string of the molecule is CCCn1c(=O)c2[nH]c(-c3ccc(OCC(=O)NCCNC(=O)[C@@H](N)CCCNC(N)=O)cc3)nc2n(CCC)c1=O. The van der Waals surface area contributed by atoms with Crippen molar-refractivity contribution < 1.29 is 19.1 Å². The van der Waals surface area contributed by atoms with Gasteiger partial charge >= 0.3 is 11.7 Å². The molecule has 228 valence electrons. The Balaban J connectivity index is 1.50. The van der Waals surface area contributed by atoms with Crippen LogP contribution in [0.2, 0.25) is 0 Å². The van der Waals surface area contributed by atoms with Crippen LogP contribution in [0, 0.1) is 0 Å². The van der Waals surface area contributed by atoms with Gasteiger partial charge in [-0.1, -0.05) is 13.8 Å². The van der Waals surface area contributed by atoms with E-state index in [1.807, 2.05) is 13.8 Å². The van der Waals surface area contributed by atoms with Crippen molar-refractivity contribution in [3.8, 4) is 17.1 Å². The lowest BCUT2D eigenvalue weighted by Crippen LogP contribution is -2.44. The molecule has 4 amide bonds. The topological polar surface area (TPSA) is 221 Å². The average molecular weight is 586 g/mol. The number of imidazole rings is 1. The van der Waals surface area contributed by atoms with Gasteiger partial charge in [-0.05, 0) is 49.9 Å². The summed E-state index contributed by atoms with van der Waals surface area (Å²) < 4.78 is 8.31. The molecule has 0 bridgehead atoms. The summed E-state index contributed by atoms with van der Waals surface area (Å²) >= 11 is 0. The van der Waals surface area contributed by atoms with Crippen molar-refractivity contribution in [1.29, 1.82) is 0 Å². The maximum absolute atomic E-state index is 12.9. The number of urea groups is 1. The maximum atomic E-state index is 12.9. The van der Waals surface area contributed by atoms with Gasteiger partial charge in [-0.3, -0.25) is 23.5 Å². The second kappa shape index (κ2) is 15.4. The molecule has 0 saturated heterocycles. The summed E-state index contributed by atoms with van der Waals surface area (Å²) in [7, 11) is 0. The minimum atomic E-state index is -0.734. The minimum absolute atomic E-state index is 0.192. The van der Waals surface area contributed by atoms with Crippen LogP contribution in [0.3, 0.4) is 0 Å². The molecule has 0 aliphatic carbocycles. The van der Waals surface area contributed by atoms with Crippen LogP contribution in [0.25, 0.3) is 22.6 Å². The van der Waals surface area contributed by atoms with E-state index in [0.717, 1.165) is 0 Å². The van der Waals surface area contributed by atoms with E-state index >= 15 is 0 Å². The predicted molar refractivity (Wildman–Crippen MR) is 157 cm³/mol. The van der Waals surface area contributed by atoms with Crippen LogP contribution in [0.1, 0.15) is 39.5 Å². The predicted octanol–water partition coefficient (Wildman–Crippen LogP) is -0.240. The van der Waals surface area contributed by atoms with Gasteiger partial charge in [-0.2, -0.15) is 0 Å². The fraction of sp³-hybridized carbons (Fsp3) is 0.481. The van der Waals surface area contributed by atoms with Crippen LogP contribution in [-0.4, -0.2) is 69.2 Å². The molecule has 15 heteroatoms. The number of aromatic amines is 1. The number of carbonyl (C=O) groups excluding carboxylic acids is 3. The molecule has 0 unspecified atom stereocenters. The Morgan fingerprint density at radius 2 is 1.64 bits per heavy atom. The fourth-order valence-corrected chi connectivity index (χ4v) is 4.24. The highest BCUT2D eigenvalue weighted by Gasteiger charge is 2.17. The van der Waals surface area contributed by atoms with Crippen molar-refractivity contribution in [2.24, 2.45) is 11.5 Å². The van der Waals surface area contributed by atoms with Crippen LogP contribution in [0.15, 0.2) is 33.9 Å². The summed E-state index contributed by atoms with van der Waals surface area (Å²) in [5.74, 6) is 0.159. The molecule has 3 rings (SSSR count). The molecule has 15 nitrogen and oxygen atoms in total. The number of nitrogens with zero attached hydrogens (tertiary/aromatic N) is 3. The van der Waals surface area contributed by atoms with Crippen molar-refractivity contribution in [2.45, 2.75) is 58.7 Å². The summed E-state index contributed by atoms with van der Waals surface area (Å²) in [4.78, 5) is 68.2. The molecule has 8 N–H and O–H groups in total. The first-order valence-corrected chi connectivity index (χ1v) is 14.0.